The van der Waals surface area contributed by atoms with Gasteiger partial charge in [-0.2, -0.15) is 0 Å². The zero-order valence-electron chi connectivity index (χ0n) is 16.5. The summed E-state index contributed by atoms with van der Waals surface area (Å²) in [6.45, 7) is 6.19. The molecule has 4 rings (SSSR count). The molecule has 3 nitrogen and oxygen atoms in total. The highest BCUT2D eigenvalue weighted by atomic mass is 16.5. The molecular formula is C25H23NO2. The Kier molecular flexibility index (Phi) is 4.82. The Labute approximate surface area is 165 Å². The molecule has 0 aromatic heterocycles. The van der Waals surface area contributed by atoms with Gasteiger partial charge in [-0.1, -0.05) is 30.3 Å². The summed E-state index contributed by atoms with van der Waals surface area (Å²) in [4.78, 5) is 17.4. The Morgan fingerprint density at radius 2 is 1.54 bits per heavy atom. The SMILES string of the molecule is Cc1cccc(Oc2cccc(C3=Nc4cc(C)c(C)cc4CC(=O)C3)c2)c1. The molecule has 1 aliphatic heterocycles. The lowest BCUT2D eigenvalue weighted by Crippen LogP contribution is -2.09. The highest BCUT2D eigenvalue weighted by molar-refractivity contribution is 6.13. The number of nitrogens with zero attached hydrogens (tertiary/aromatic N) is 1. The Morgan fingerprint density at radius 3 is 2.32 bits per heavy atom. The summed E-state index contributed by atoms with van der Waals surface area (Å²) in [6, 6.07) is 19.9. The molecule has 140 valence electrons. The van der Waals surface area contributed by atoms with Crippen LogP contribution >= 0.6 is 0 Å². The monoisotopic (exact) mass is 369 g/mol. The van der Waals surface area contributed by atoms with Gasteiger partial charge in [0.15, 0.2) is 0 Å². The summed E-state index contributed by atoms with van der Waals surface area (Å²) in [6.07, 6.45) is 0.767. The summed E-state index contributed by atoms with van der Waals surface area (Å²) in [7, 11) is 0. The molecule has 28 heavy (non-hydrogen) atoms. The maximum absolute atomic E-state index is 12.5. The van der Waals surface area contributed by atoms with E-state index in [1.807, 2.05) is 55.5 Å². The number of carbonyl (C=O) groups is 1. The van der Waals surface area contributed by atoms with E-state index < -0.39 is 0 Å². The third-order valence-corrected chi connectivity index (χ3v) is 5.10. The zero-order valence-corrected chi connectivity index (χ0v) is 16.5. The van der Waals surface area contributed by atoms with Crippen LogP contribution in [0.4, 0.5) is 5.69 Å². The van der Waals surface area contributed by atoms with Gasteiger partial charge in [0.1, 0.15) is 17.3 Å². The second-order valence-electron chi connectivity index (χ2n) is 7.46. The summed E-state index contributed by atoms with van der Waals surface area (Å²) in [5, 5.41) is 0. The van der Waals surface area contributed by atoms with Crippen LogP contribution in [0.5, 0.6) is 11.5 Å². The minimum Gasteiger partial charge on any atom is -0.457 e. The van der Waals surface area contributed by atoms with Gasteiger partial charge in [-0.15, -0.1) is 0 Å². The summed E-state index contributed by atoms with van der Waals surface area (Å²) in [5.41, 5.74) is 7.15. The van der Waals surface area contributed by atoms with Gasteiger partial charge in [-0.3, -0.25) is 9.79 Å². The molecule has 0 unspecified atom stereocenters. The van der Waals surface area contributed by atoms with Gasteiger partial charge in [0, 0.05) is 18.4 Å². The molecule has 0 amide bonds. The number of ether oxygens (including phenoxy) is 1. The van der Waals surface area contributed by atoms with Crippen molar-refractivity contribution in [1.29, 1.82) is 0 Å². The predicted molar refractivity (Wildman–Crippen MR) is 113 cm³/mol. The molecule has 0 fully saturated rings. The van der Waals surface area contributed by atoms with Crippen LogP contribution in [0.3, 0.4) is 0 Å². The lowest BCUT2D eigenvalue weighted by molar-refractivity contribution is -0.117. The van der Waals surface area contributed by atoms with E-state index in [2.05, 4.69) is 26.0 Å². The smallest absolute Gasteiger partial charge is 0.143 e. The van der Waals surface area contributed by atoms with Gasteiger partial charge in [0.05, 0.1) is 11.4 Å². The van der Waals surface area contributed by atoms with Crippen LogP contribution in [0.15, 0.2) is 65.7 Å². The lowest BCUT2D eigenvalue weighted by atomic mass is 9.99. The number of rotatable bonds is 3. The van der Waals surface area contributed by atoms with E-state index in [1.165, 1.54) is 11.1 Å². The van der Waals surface area contributed by atoms with Crippen LogP contribution in [-0.4, -0.2) is 11.5 Å². The van der Waals surface area contributed by atoms with Gasteiger partial charge in [0.25, 0.3) is 0 Å². The van der Waals surface area contributed by atoms with Crippen LogP contribution in [0.2, 0.25) is 0 Å². The highest BCUT2D eigenvalue weighted by Gasteiger charge is 2.19. The van der Waals surface area contributed by atoms with E-state index in [-0.39, 0.29) is 5.78 Å². The minimum absolute atomic E-state index is 0.186. The van der Waals surface area contributed by atoms with Crippen molar-refractivity contribution < 1.29 is 9.53 Å². The fourth-order valence-corrected chi connectivity index (χ4v) is 3.47. The Hall–Kier alpha value is -3.20. The average molecular weight is 369 g/mol. The van der Waals surface area contributed by atoms with Crippen molar-refractivity contribution in [3.05, 3.63) is 88.5 Å². The first-order valence-corrected chi connectivity index (χ1v) is 9.52. The molecule has 0 radical (unpaired) electrons. The summed E-state index contributed by atoms with van der Waals surface area (Å²) < 4.78 is 6.01. The molecule has 1 aliphatic rings. The Bertz CT molecular complexity index is 1100. The normalized spacial score (nSPS) is 13.5. The molecule has 3 heteroatoms. The largest absolute Gasteiger partial charge is 0.457 e. The van der Waals surface area contributed by atoms with Crippen molar-refractivity contribution in [3.8, 4) is 11.5 Å². The second-order valence-corrected chi connectivity index (χ2v) is 7.46. The molecule has 0 N–H and O–H groups in total. The van der Waals surface area contributed by atoms with Crippen LogP contribution in [0.25, 0.3) is 0 Å². The number of fused-ring (bicyclic) bond motifs is 1. The van der Waals surface area contributed by atoms with E-state index in [9.17, 15) is 4.79 Å². The molecule has 0 saturated carbocycles. The third kappa shape index (κ3) is 3.89. The van der Waals surface area contributed by atoms with Gasteiger partial charge >= 0.3 is 0 Å². The lowest BCUT2D eigenvalue weighted by Gasteiger charge is -2.10. The van der Waals surface area contributed by atoms with E-state index in [4.69, 9.17) is 9.73 Å². The molecule has 1 heterocycles. The highest BCUT2D eigenvalue weighted by Crippen LogP contribution is 2.30. The van der Waals surface area contributed by atoms with E-state index in [0.717, 1.165) is 39.6 Å². The van der Waals surface area contributed by atoms with Gasteiger partial charge in [0.2, 0.25) is 0 Å². The fourth-order valence-electron chi connectivity index (χ4n) is 3.47. The molecule has 3 aromatic rings. The zero-order chi connectivity index (χ0) is 19.7. The Balaban J connectivity index is 1.70. The van der Waals surface area contributed by atoms with Crippen molar-refractivity contribution in [3.63, 3.8) is 0 Å². The van der Waals surface area contributed by atoms with Crippen LogP contribution in [0.1, 0.15) is 34.2 Å². The van der Waals surface area contributed by atoms with Crippen LogP contribution < -0.4 is 4.74 Å². The number of hydrogen-bond acceptors (Lipinski definition) is 3. The molecule has 0 bridgehead atoms. The topological polar surface area (TPSA) is 38.7 Å². The number of carbonyl (C=O) groups excluding carboxylic acids is 1. The van der Waals surface area contributed by atoms with Crippen molar-refractivity contribution >= 4 is 17.2 Å². The van der Waals surface area contributed by atoms with Crippen molar-refractivity contribution in [2.24, 2.45) is 4.99 Å². The quantitative estimate of drug-likeness (QED) is 0.564. The first-order chi connectivity index (χ1) is 13.5. The van der Waals surface area contributed by atoms with E-state index in [1.54, 1.807) is 0 Å². The number of Topliss-reactive ketones (excluding diaryl/α,β-unsaturated/α-hetero) is 1. The van der Waals surface area contributed by atoms with E-state index in [0.29, 0.717) is 12.8 Å². The van der Waals surface area contributed by atoms with Gasteiger partial charge in [-0.25, -0.2) is 0 Å². The molecule has 0 atom stereocenters. The number of hydrogen-bond donors (Lipinski definition) is 0. The molecule has 0 spiro atoms. The second kappa shape index (κ2) is 7.43. The van der Waals surface area contributed by atoms with Gasteiger partial charge < -0.3 is 4.74 Å². The third-order valence-electron chi connectivity index (χ3n) is 5.10. The number of benzene rings is 3. The number of aliphatic imine (C=N–C) groups is 1. The van der Waals surface area contributed by atoms with Crippen LogP contribution in [0, 0.1) is 20.8 Å². The number of aryl methyl sites for hydroxylation is 3. The first kappa shape index (κ1) is 18.2. The predicted octanol–water partition coefficient (Wildman–Crippen LogP) is 6.04. The molecule has 3 aromatic carbocycles. The van der Waals surface area contributed by atoms with Gasteiger partial charge in [-0.05, 0) is 73.4 Å². The molecule has 0 aliphatic carbocycles. The maximum Gasteiger partial charge on any atom is 0.143 e. The van der Waals surface area contributed by atoms with Crippen LogP contribution in [-0.2, 0) is 11.2 Å². The average Bonchev–Trinajstić information content (AvgIpc) is 2.80. The van der Waals surface area contributed by atoms with E-state index >= 15 is 0 Å². The summed E-state index contributed by atoms with van der Waals surface area (Å²) >= 11 is 0. The minimum atomic E-state index is 0.186. The molecule has 0 saturated heterocycles. The van der Waals surface area contributed by atoms with Crippen molar-refractivity contribution in [2.75, 3.05) is 0 Å². The van der Waals surface area contributed by atoms with Crippen molar-refractivity contribution in [2.45, 2.75) is 33.6 Å². The summed E-state index contributed by atoms with van der Waals surface area (Å²) in [5.74, 6) is 1.72. The maximum atomic E-state index is 12.5. The standard InChI is InChI=1S/C25H23NO2/c1-16-6-4-8-22(10-16)28-23-9-5-7-19(14-23)25-15-21(27)13-20-11-17(2)18(3)12-24(20)26-25/h4-12,14H,13,15H2,1-3H3. The first-order valence-electron chi connectivity index (χ1n) is 9.52. The number of ketones is 1. The fraction of sp³-hybridized carbons (Fsp3) is 0.200. The Morgan fingerprint density at radius 1 is 0.821 bits per heavy atom. The van der Waals surface area contributed by atoms with Crippen molar-refractivity contribution in [1.82, 2.24) is 0 Å². The molecular weight excluding hydrogens is 346 g/mol.